The van der Waals surface area contributed by atoms with Gasteiger partial charge in [0.1, 0.15) is 5.82 Å². The molecule has 2 N–H and O–H groups in total. The summed E-state index contributed by atoms with van der Waals surface area (Å²) in [5, 5.41) is 4.52. The standard InChI is InChI=1S/C23H16FN3O3/c24-16-10-11-19-18(12-16)23(20(28)25-22(30)26-23)21(29)27(19)13-15-8-4-5-9-17(15)14-6-2-1-3-7-14/h1-12H,13H2,(H2,25,26,28,30). The number of amides is 4. The van der Waals surface area contributed by atoms with E-state index >= 15 is 0 Å². The Labute approximate surface area is 171 Å². The molecule has 3 aromatic rings. The number of imide groups is 1. The van der Waals surface area contributed by atoms with E-state index in [9.17, 15) is 18.8 Å². The number of nitrogens with one attached hydrogen (secondary N) is 2. The Kier molecular flexibility index (Phi) is 3.92. The third kappa shape index (κ3) is 2.52. The number of benzene rings is 3. The maximum atomic E-state index is 14.0. The Morgan fingerprint density at radius 3 is 2.37 bits per heavy atom. The first-order valence-corrected chi connectivity index (χ1v) is 9.39. The van der Waals surface area contributed by atoms with Crippen LogP contribution in [0.1, 0.15) is 11.1 Å². The van der Waals surface area contributed by atoms with Crippen LogP contribution in [-0.4, -0.2) is 17.8 Å². The molecule has 1 spiro atoms. The van der Waals surface area contributed by atoms with Crippen molar-refractivity contribution in [3.8, 4) is 11.1 Å². The van der Waals surface area contributed by atoms with Crippen LogP contribution < -0.4 is 15.5 Å². The molecule has 0 radical (unpaired) electrons. The lowest BCUT2D eigenvalue weighted by molar-refractivity contribution is -0.134. The van der Waals surface area contributed by atoms with Gasteiger partial charge >= 0.3 is 6.03 Å². The van der Waals surface area contributed by atoms with E-state index in [0.29, 0.717) is 5.69 Å². The smallest absolute Gasteiger partial charge is 0.312 e. The van der Waals surface area contributed by atoms with E-state index in [0.717, 1.165) is 22.8 Å². The minimum absolute atomic E-state index is 0.132. The van der Waals surface area contributed by atoms with Gasteiger partial charge in [0.2, 0.25) is 5.54 Å². The summed E-state index contributed by atoms with van der Waals surface area (Å²) < 4.78 is 14.0. The van der Waals surface area contributed by atoms with Crippen molar-refractivity contribution in [2.45, 2.75) is 12.1 Å². The summed E-state index contributed by atoms with van der Waals surface area (Å²) in [5.41, 5.74) is 1.36. The number of fused-ring (bicyclic) bond motifs is 2. The van der Waals surface area contributed by atoms with Crippen molar-refractivity contribution in [2.24, 2.45) is 0 Å². The molecule has 2 aliphatic heterocycles. The van der Waals surface area contributed by atoms with E-state index in [4.69, 9.17) is 0 Å². The lowest BCUT2D eigenvalue weighted by Gasteiger charge is -2.22. The average molecular weight is 401 g/mol. The number of carbonyl (C=O) groups is 3. The zero-order valence-corrected chi connectivity index (χ0v) is 15.7. The Morgan fingerprint density at radius 2 is 1.63 bits per heavy atom. The van der Waals surface area contributed by atoms with Crippen LogP contribution in [0, 0.1) is 5.82 Å². The summed E-state index contributed by atoms with van der Waals surface area (Å²) in [5.74, 6) is -2.01. The molecule has 0 aromatic heterocycles. The fourth-order valence-electron chi connectivity index (χ4n) is 4.15. The van der Waals surface area contributed by atoms with E-state index in [2.05, 4.69) is 10.6 Å². The highest BCUT2D eigenvalue weighted by Crippen LogP contribution is 2.43. The molecule has 2 aliphatic rings. The number of hydrogen-bond acceptors (Lipinski definition) is 3. The van der Waals surface area contributed by atoms with E-state index in [1.54, 1.807) is 0 Å². The lowest BCUT2D eigenvalue weighted by Crippen LogP contribution is -2.52. The number of nitrogens with zero attached hydrogens (tertiary/aromatic N) is 1. The van der Waals surface area contributed by atoms with Gasteiger partial charge in [0.15, 0.2) is 0 Å². The Morgan fingerprint density at radius 1 is 0.900 bits per heavy atom. The van der Waals surface area contributed by atoms with Gasteiger partial charge in [0.05, 0.1) is 12.2 Å². The summed E-state index contributed by atoms with van der Waals surface area (Å²) in [4.78, 5) is 39.3. The van der Waals surface area contributed by atoms with Crippen LogP contribution in [0.15, 0.2) is 72.8 Å². The minimum Gasteiger partial charge on any atom is -0.312 e. The third-order valence-electron chi connectivity index (χ3n) is 5.52. The predicted molar refractivity (Wildman–Crippen MR) is 108 cm³/mol. The molecule has 0 saturated carbocycles. The molecule has 0 aliphatic carbocycles. The van der Waals surface area contributed by atoms with Crippen molar-refractivity contribution in [1.29, 1.82) is 0 Å². The van der Waals surface area contributed by atoms with Crippen LogP contribution in [0.25, 0.3) is 11.1 Å². The minimum atomic E-state index is -1.95. The van der Waals surface area contributed by atoms with Gasteiger partial charge in [-0.1, -0.05) is 54.6 Å². The van der Waals surface area contributed by atoms with Crippen LogP contribution in [-0.2, 0) is 21.7 Å². The first-order chi connectivity index (χ1) is 14.5. The average Bonchev–Trinajstić information content (AvgIpc) is 3.18. The number of carbonyl (C=O) groups excluding carboxylic acids is 3. The molecule has 0 bridgehead atoms. The lowest BCUT2D eigenvalue weighted by atomic mass is 9.91. The van der Waals surface area contributed by atoms with Crippen LogP contribution in [0.5, 0.6) is 0 Å². The second kappa shape index (κ2) is 6.52. The van der Waals surface area contributed by atoms with Gasteiger partial charge in [-0.2, -0.15) is 0 Å². The van der Waals surface area contributed by atoms with Gasteiger partial charge in [-0.25, -0.2) is 9.18 Å². The molecule has 4 amide bonds. The number of halogens is 1. The number of urea groups is 1. The predicted octanol–water partition coefficient (Wildman–Crippen LogP) is 3.07. The van der Waals surface area contributed by atoms with Crippen molar-refractivity contribution in [2.75, 3.05) is 4.90 Å². The quantitative estimate of drug-likeness (QED) is 0.523. The van der Waals surface area contributed by atoms with E-state index in [1.807, 2.05) is 54.6 Å². The van der Waals surface area contributed by atoms with Crippen LogP contribution in [0.4, 0.5) is 14.9 Å². The normalized spacial score (nSPS) is 19.8. The third-order valence-corrected chi connectivity index (χ3v) is 5.52. The molecule has 2 heterocycles. The zero-order valence-electron chi connectivity index (χ0n) is 15.7. The zero-order chi connectivity index (χ0) is 20.9. The first-order valence-electron chi connectivity index (χ1n) is 9.39. The molecule has 30 heavy (non-hydrogen) atoms. The summed E-state index contributed by atoms with van der Waals surface area (Å²) in [6.07, 6.45) is 0. The molecular formula is C23H16FN3O3. The van der Waals surface area contributed by atoms with Crippen LogP contribution >= 0.6 is 0 Å². The highest BCUT2D eigenvalue weighted by atomic mass is 19.1. The van der Waals surface area contributed by atoms with Crippen molar-refractivity contribution >= 4 is 23.5 Å². The van der Waals surface area contributed by atoms with E-state index in [-0.39, 0.29) is 12.1 Å². The largest absolute Gasteiger partial charge is 0.323 e. The van der Waals surface area contributed by atoms with Gasteiger partial charge in [-0.05, 0) is 34.9 Å². The molecule has 5 rings (SSSR count). The Bertz CT molecular complexity index is 1210. The van der Waals surface area contributed by atoms with Crippen LogP contribution in [0.3, 0.4) is 0 Å². The fourth-order valence-corrected chi connectivity index (χ4v) is 4.15. The van der Waals surface area contributed by atoms with Gasteiger partial charge in [0, 0.05) is 5.56 Å². The van der Waals surface area contributed by atoms with Gasteiger partial charge in [0.25, 0.3) is 11.8 Å². The van der Waals surface area contributed by atoms with E-state index < -0.39 is 29.2 Å². The van der Waals surface area contributed by atoms with Crippen LogP contribution in [0.2, 0.25) is 0 Å². The molecule has 1 atom stereocenters. The molecule has 3 aromatic carbocycles. The maximum Gasteiger partial charge on any atom is 0.323 e. The SMILES string of the molecule is O=C1NC(=O)C2(N1)C(=O)N(Cc1ccccc1-c1ccccc1)c1ccc(F)cc12. The topological polar surface area (TPSA) is 78.5 Å². The van der Waals surface area contributed by atoms with Gasteiger partial charge in [-0.3, -0.25) is 14.9 Å². The monoisotopic (exact) mass is 401 g/mol. The second-order valence-corrected chi connectivity index (χ2v) is 7.23. The molecule has 6 nitrogen and oxygen atoms in total. The number of hydrogen-bond donors (Lipinski definition) is 2. The second-order valence-electron chi connectivity index (χ2n) is 7.23. The summed E-state index contributed by atoms with van der Waals surface area (Å²) in [6.45, 7) is 0.160. The van der Waals surface area contributed by atoms with Crippen molar-refractivity contribution in [1.82, 2.24) is 10.6 Å². The highest BCUT2D eigenvalue weighted by Gasteiger charge is 2.61. The van der Waals surface area contributed by atoms with E-state index in [1.165, 1.54) is 17.0 Å². The molecular weight excluding hydrogens is 385 g/mol. The molecule has 7 heteroatoms. The summed E-state index contributed by atoms with van der Waals surface area (Å²) >= 11 is 0. The van der Waals surface area contributed by atoms with Gasteiger partial charge in [-0.15, -0.1) is 0 Å². The fraction of sp³-hybridized carbons (Fsp3) is 0.0870. The molecule has 1 fully saturated rings. The van der Waals surface area contributed by atoms with Gasteiger partial charge < -0.3 is 10.2 Å². The van der Waals surface area contributed by atoms with Crippen molar-refractivity contribution in [3.63, 3.8) is 0 Å². The van der Waals surface area contributed by atoms with Crippen molar-refractivity contribution < 1.29 is 18.8 Å². The number of anilines is 1. The Balaban J connectivity index is 1.62. The molecule has 1 saturated heterocycles. The highest BCUT2D eigenvalue weighted by molar-refractivity contribution is 6.27. The first kappa shape index (κ1) is 18.1. The molecule has 1 unspecified atom stereocenters. The molecule has 148 valence electrons. The summed E-state index contributed by atoms with van der Waals surface area (Å²) in [7, 11) is 0. The summed E-state index contributed by atoms with van der Waals surface area (Å²) in [6, 6.07) is 20.4. The van der Waals surface area contributed by atoms with Crippen molar-refractivity contribution in [3.05, 3.63) is 89.7 Å². The maximum absolute atomic E-state index is 14.0. The Hall–Kier alpha value is -4.00. The number of rotatable bonds is 3.